The molecule has 0 atom stereocenters. The lowest BCUT2D eigenvalue weighted by Crippen LogP contribution is -2.05. The molecular formula is C29H15N5. The average Bonchev–Trinajstić information content (AvgIpc) is 3.27. The van der Waals surface area contributed by atoms with Crippen LogP contribution in [0.4, 0.5) is 0 Å². The van der Waals surface area contributed by atoms with Crippen LogP contribution in [0.2, 0.25) is 0 Å². The molecule has 5 aromatic rings. The molecule has 2 aromatic heterocycles. The fourth-order valence-corrected chi connectivity index (χ4v) is 4.93. The van der Waals surface area contributed by atoms with Gasteiger partial charge in [-0.15, -0.1) is 0 Å². The standard InChI is InChI=1S/C29H15N5/c1-3-18-8-4-6-10-20(18)26-17(2)28-21-11-7-5-9-19(21)16-34(28)29-25(15-33)23(13-31)22(12-30)24(14-32)27(26)29/h3-11,16H,1H2,2H3. The van der Waals surface area contributed by atoms with Crippen LogP contribution in [0.5, 0.6) is 0 Å². The molecule has 156 valence electrons. The van der Waals surface area contributed by atoms with Crippen LogP contribution in [-0.2, 0) is 0 Å². The molecule has 5 heteroatoms. The molecule has 5 nitrogen and oxygen atoms in total. The molecule has 0 aliphatic carbocycles. The molecule has 5 rings (SSSR count). The first-order chi connectivity index (χ1) is 16.6. The van der Waals surface area contributed by atoms with Crippen molar-refractivity contribution < 1.29 is 0 Å². The Morgan fingerprint density at radius 2 is 1.38 bits per heavy atom. The number of pyridine rings is 1. The van der Waals surface area contributed by atoms with Crippen molar-refractivity contribution >= 4 is 33.3 Å². The highest BCUT2D eigenvalue weighted by Gasteiger charge is 2.27. The van der Waals surface area contributed by atoms with Crippen molar-refractivity contribution in [3.8, 4) is 35.4 Å². The van der Waals surface area contributed by atoms with Gasteiger partial charge < -0.3 is 4.40 Å². The summed E-state index contributed by atoms with van der Waals surface area (Å²) in [4.78, 5) is 0. The molecule has 0 saturated heterocycles. The molecule has 0 radical (unpaired) electrons. The second-order valence-electron chi connectivity index (χ2n) is 7.90. The van der Waals surface area contributed by atoms with E-state index in [0.717, 1.165) is 38.5 Å². The third-order valence-corrected chi connectivity index (χ3v) is 6.32. The number of rotatable bonds is 2. The Kier molecular flexibility index (Phi) is 4.62. The third-order valence-electron chi connectivity index (χ3n) is 6.32. The van der Waals surface area contributed by atoms with Gasteiger partial charge in [0.15, 0.2) is 0 Å². The van der Waals surface area contributed by atoms with E-state index in [1.807, 2.05) is 78.2 Å². The summed E-state index contributed by atoms with van der Waals surface area (Å²) in [5.41, 5.74) is 4.67. The molecule has 0 fully saturated rings. The Labute approximate surface area is 195 Å². The Hall–Kier alpha value is -5.36. The minimum atomic E-state index is -0.0834. The van der Waals surface area contributed by atoms with Gasteiger partial charge in [-0.2, -0.15) is 21.0 Å². The van der Waals surface area contributed by atoms with E-state index in [9.17, 15) is 21.0 Å². The van der Waals surface area contributed by atoms with Gasteiger partial charge in [-0.05, 0) is 29.2 Å². The Bertz CT molecular complexity index is 1880. The summed E-state index contributed by atoms with van der Waals surface area (Å²) in [6.07, 6.45) is 3.66. The van der Waals surface area contributed by atoms with E-state index >= 15 is 0 Å². The third kappa shape index (κ3) is 2.56. The number of nitrogens with zero attached hydrogens (tertiary/aromatic N) is 5. The first-order valence-corrected chi connectivity index (χ1v) is 10.5. The van der Waals surface area contributed by atoms with E-state index in [0.29, 0.717) is 10.9 Å². The van der Waals surface area contributed by atoms with Crippen LogP contribution in [-0.4, -0.2) is 4.40 Å². The normalized spacial score (nSPS) is 10.5. The maximum absolute atomic E-state index is 10.2. The van der Waals surface area contributed by atoms with E-state index in [1.54, 1.807) is 6.08 Å². The minimum Gasteiger partial charge on any atom is -0.314 e. The van der Waals surface area contributed by atoms with Crippen LogP contribution in [0.15, 0.2) is 61.3 Å². The zero-order valence-electron chi connectivity index (χ0n) is 18.2. The monoisotopic (exact) mass is 433 g/mol. The summed E-state index contributed by atoms with van der Waals surface area (Å²) in [7, 11) is 0. The average molecular weight is 433 g/mol. The van der Waals surface area contributed by atoms with E-state index in [-0.39, 0.29) is 22.3 Å². The molecule has 0 bridgehead atoms. The summed E-state index contributed by atoms with van der Waals surface area (Å²) < 4.78 is 1.89. The van der Waals surface area contributed by atoms with Crippen LogP contribution >= 0.6 is 0 Å². The molecule has 0 amide bonds. The van der Waals surface area contributed by atoms with E-state index < -0.39 is 0 Å². The zero-order chi connectivity index (χ0) is 24.0. The first kappa shape index (κ1) is 20.5. The van der Waals surface area contributed by atoms with Gasteiger partial charge in [0.2, 0.25) is 0 Å². The Morgan fingerprint density at radius 3 is 2.06 bits per heavy atom. The molecule has 0 spiro atoms. The number of fused-ring (bicyclic) bond motifs is 5. The van der Waals surface area contributed by atoms with Crippen molar-refractivity contribution in [2.24, 2.45) is 0 Å². The summed E-state index contributed by atoms with van der Waals surface area (Å²) in [6.45, 7) is 5.93. The summed E-state index contributed by atoms with van der Waals surface area (Å²) in [5.74, 6) is 0. The predicted molar refractivity (Wildman–Crippen MR) is 132 cm³/mol. The lowest BCUT2D eigenvalue weighted by atomic mass is 9.85. The van der Waals surface area contributed by atoms with Crippen LogP contribution < -0.4 is 0 Å². The molecule has 2 heterocycles. The maximum atomic E-state index is 10.2. The van der Waals surface area contributed by atoms with Gasteiger partial charge in [0, 0.05) is 22.4 Å². The highest BCUT2D eigenvalue weighted by Crippen LogP contribution is 2.43. The van der Waals surface area contributed by atoms with Gasteiger partial charge in [-0.3, -0.25) is 0 Å². The van der Waals surface area contributed by atoms with Crippen LogP contribution in [0, 0.1) is 52.2 Å². The fraction of sp³-hybridized carbons (Fsp3) is 0.0345. The molecule has 0 N–H and O–H groups in total. The van der Waals surface area contributed by atoms with Gasteiger partial charge in [-0.25, -0.2) is 0 Å². The van der Waals surface area contributed by atoms with Crippen LogP contribution in [0.1, 0.15) is 33.4 Å². The predicted octanol–water partition coefficient (Wildman–Crippen LogP) is 6.35. The lowest BCUT2D eigenvalue weighted by Gasteiger charge is -2.19. The minimum absolute atomic E-state index is 0.0793. The highest BCUT2D eigenvalue weighted by atomic mass is 14.9. The number of aromatic nitrogens is 1. The van der Waals surface area contributed by atoms with Crippen LogP contribution in [0.25, 0.3) is 44.4 Å². The van der Waals surface area contributed by atoms with Gasteiger partial charge in [0.25, 0.3) is 0 Å². The molecule has 3 aromatic carbocycles. The SMILES string of the molecule is C=Cc1ccccc1-c1c(C)c2c3ccccc3cn2c2c(C#N)c(C#N)c(C#N)c(C#N)c12. The quantitative estimate of drug-likeness (QED) is 0.324. The second kappa shape index (κ2) is 7.65. The first-order valence-electron chi connectivity index (χ1n) is 10.5. The van der Waals surface area contributed by atoms with E-state index in [1.165, 1.54) is 0 Å². The van der Waals surface area contributed by atoms with Crippen molar-refractivity contribution in [1.29, 1.82) is 21.0 Å². The van der Waals surface area contributed by atoms with Crippen molar-refractivity contribution in [2.75, 3.05) is 0 Å². The molecular weight excluding hydrogens is 418 g/mol. The number of aryl methyl sites for hydroxylation is 1. The smallest absolute Gasteiger partial charge is 0.103 e. The van der Waals surface area contributed by atoms with E-state index in [4.69, 9.17) is 0 Å². The summed E-state index contributed by atoms with van der Waals surface area (Å²) >= 11 is 0. The van der Waals surface area contributed by atoms with Crippen molar-refractivity contribution in [2.45, 2.75) is 6.92 Å². The van der Waals surface area contributed by atoms with Gasteiger partial charge in [-0.1, -0.05) is 61.2 Å². The number of benzene rings is 3. The fourth-order valence-electron chi connectivity index (χ4n) is 4.93. The second-order valence-corrected chi connectivity index (χ2v) is 7.90. The molecule has 0 unspecified atom stereocenters. The van der Waals surface area contributed by atoms with Crippen molar-refractivity contribution in [3.05, 3.63) is 94.7 Å². The van der Waals surface area contributed by atoms with Crippen LogP contribution in [0.3, 0.4) is 0 Å². The van der Waals surface area contributed by atoms with Gasteiger partial charge in [0.1, 0.15) is 24.3 Å². The Morgan fingerprint density at radius 1 is 0.765 bits per heavy atom. The lowest BCUT2D eigenvalue weighted by molar-refractivity contribution is 1.24. The largest absolute Gasteiger partial charge is 0.314 e. The molecule has 0 aliphatic heterocycles. The summed E-state index contributed by atoms with van der Waals surface area (Å²) in [6, 6.07) is 23.9. The number of hydrogen-bond acceptors (Lipinski definition) is 4. The molecule has 0 aliphatic rings. The maximum Gasteiger partial charge on any atom is 0.103 e. The van der Waals surface area contributed by atoms with Gasteiger partial charge in [0.05, 0.1) is 33.3 Å². The number of hydrogen-bond donors (Lipinski definition) is 0. The molecule has 0 saturated carbocycles. The summed E-state index contributed by atoms with van der Waals surface area (Å²) in [5, 5.41) is 42.6. The topological polar surface area (TPSA) is 99.6 Å². The Balaban J connectivity index is 2.26. The van der Waals surface area contributed by atoms with E-state index in [2.05, 4.69) is 18.7 Å². The van der Waals surface area contributed by atoms with Crippen molar-refractivity contribution in [3.63, 3.8) is 0 Å². The number of nitriles is 4. The van der Waals surface area contributed by atoms with Crippen molar-refractivity contribution in [1.82, 2.24) is 4.40 Å². The zero-order valence-corrected chi connectivity index (χ0v) is 18.2. The highest BCUT2D eigenvalue weighted by molar-refractivity contribution is 6.13. The van der Waals surface area contributed by atoms with Gasteiger partial charge >= 0.3 is 0 Å². The molecule has 34 heavy (non-hydrogen) atoms.